The van der Waals surface area contributed by atoms with Crippen LogP contribution in [0.2, 0.25) is 0 Å². The van der Waals surface area contributed by atoms with Crippen molar-refractivity contribution in [1.29, 1.82) is 0 Å². The summed E-state index contributed by atoms with van der Waals surface area (Å²) in [6, 6.07) is 6.63. The average Bonchev–Trinajstić information content (AvgIpc) is 3.25. The highest BCUT2D eigenvalue weighted by Crippen LogP contribution is 2.36. The Hall–Kier alpha value is -3.93. The number of hydrogen-bond donors (Lipinski definition) is 7. The molecule has 0 spiro atoms. The molecule has 8 N–H and O–H groups in total. The number of nitrogens with two attached hydrogens (primary N) is 1. The van der Waals surface area contributed by atoms with Gasteiger partial charge in [-0.15, -0.1) is 0 Å². The molecule has 0 bridgehead atoms. The summed E-state index contributed by atoms with van der Waals surface area (Å²) in [4.78, 5) is 50.7. The maximum absolute atomic E-state index is 13.1. The number of aromatic amines is 1. The van der Waals surface area contributed by atoms with E-state index in [-0.39, 0.29) is 6.54 Å². The number of amides is 2. The molecule has 3 heterocycles. The average molecular weight is 581 g/mol. The van der Waals surface area contributed by atoms with Crippen LogP contribution in [0.25, 0.3) is 0 Å². The summed E-state index contributed by atoms with van der Waals surface area (Å²) in [5.74, 6) is -4.07. The fraction of sp³-hybridized carbons (Fsp3) is 0.440. The third kappa shape index (κ3) is 6.70. The van der Waals surface area contributed by atoms with Crippen molar-refractivity contribution in [3.05, 3.63) is 80.6 Å². The number of carbonyl (C=O) groups excluding carboxylic acids is 2. The molecule has 1 fully saturated rings. The zero-order valence-corrected chi connectivity index (χ0v) is 21.3. The van der Waals surface area contributed by atoms with Crippen LogP contribution in [-0.4, -0.2) is 91.8 Å². The molecule has 4 rings (SSSR count). The number of aromatic nitrogens is 2. The summed E-state index contributed by atoms with van der Waals surface area (Å²) in [5.41, 5.74) is 4.59. The van der Waals surface area contributed by atoms with Crippen molar-refractivity contribution < 1.29 is 48.6 Å². The normalized spacial score (nSPS) is 28.4. The topological polar surface area (TPSA) is 236 Å². The summed E-state index contributed by atoms with van der Waals surface area (Å²) >= 11 is 0. The predicted octanol–water partition coefficient (Wildman–Crippen LogP) is -3.27. The monoisotopic (exact) mass is 580 g/mol. The summed E-state index contributed by atoms with van der Waals surface area (Å²) in [7, 11) is 0. The van der Waals surface area contributed by atoms with E-state index in [1.54, 1.807) is 12.1 Å². The molecule has 41 heavy (non-hydrogen) atoms. The third-order valence-corrected chi connectivity index (χ3v) is 6.68. The van der Waals surface area contributed by atoms with Gasteiger partial charge in [-0.25, -0.2) is 9.18 Å². The Labute approximate surface area is 230 Å². The van der Waals surface area contributed by atoms with Crippen LogP contribution in [0.5, 0.6) is 0 Å². The van der Waals surface area contributed by atoms with E-state index in [1.165, 1.54) is 12.1 Å². The lowest BCUT2D eigenvalue weighted by molar-refractivity contribution is -0.239. The van der Waals surface area contributed by atoms with Gasteiger partial charge in [0.05, 0.1) is 6.61 Å². The van der Waals surface area contributed by atoms with Crippen LogP contribution in [0, 0.1) is 11.7 Å². The van der Waals surface area contributed by atoms with E-state index in [9.17, 15) is 44.0 Å². The van der Waals surface area contributed by atoms with Gasteiger partial charge in [-0.1, -0.05) is 12.1 Å². The van der Waals surface area contributed by atoms with Crippen LogP contribution in [0.1, 0.15) is 11.8 Å². The van der Waals surface area contributed by atoms with Crippen molar-refractivity contribution in [3.63, 3.8) is 0 Å². The second-order valence-corrected chi connectivity index (χ2v) is 9.44. The Bertz CT molecular complexity index is 1390. The van der Waals surface area contributed by atoms with Crippen molar-refractivity contribution >= 4 is 11.8 Å². The number of halogens is 1. The number of ether oxygens (including phenoxy) is 3. The van der Waals surface area contributed by atoms with Gasteiger partial charge in [0.1, 0.15) is 30.2 Å². The summed E-state index contributed by atoms with van der Waals surface area (Å²) in [6.45, 7) is -0.650. The van der Waals surface area contributed by atoms with E-state index in [1.807, 2.05) is 4.98 Å². The molecular weight excluding hydrogens is 551 g/mol. The predicted molar refractivity (Wildman–Crippen MR) is 134 cm³/mol. The molecule has 2 aromatic rings. The van der Waals surface area contributed by atoms with Crippen LogP contribution < -0.4 is 22.3 Å². The first-order valence-corrected chi connectivity index (χ1v) is 12.5. The molecule has 15 nitrogen and oxygen atoms in total. The minimum atomic E-state index is -1.83. The second-order valence-electron chi connectivity index (χ2n) is 9.44. The molecule has 0 unspecified atom stereocenters. The highest BCUT2D eigenvalue weighted by molar-refractivity contribution is 5.91. The fourth-order valence-corrected chi connectivity index (χ4v) is 4.51. The molecule has 2 aliphatic rings. The van der Waals surface area contributed by atoms with Gasteiger partial charge in [0.2, 0.25) is 12.2 Å². The Morgan fingerprint density at radius 3 is 2.49 bits per heavy atom. The maximum Gasteiger partial charge on any atom is 0.330 e. The molecule has 1 aromatic carbocycles. The highest BCUT2D eigenvalue weighted by atomic mass is 19.1. The number of nitrogens with zero attached hydrogens (tertiary/aromatic N) is 1. The molecule has 0 saturated carbocycles. The second kappa shape index (κ2) is 12.7. The van der Waals surface area contributed by atoms with Gasteiger partial charge in [0, 0.05) is 24.7 Å². The Kier molecular flexibility index (Phi) is 9.31. The zero-order valence-electron chi connectivity index (χ0n) is 21.3. The van der Waals surface area contributed by atoms with Crippen LogP contribution in [0.4, 0.5) is 4.39 Å². The minimum absolute atomic E-state index is 0.108. The Morgan fingerprint density at radius 2 is 1.85 bits per heavy atom. The molecule has 0 radical (unpaired) electrons. The van der Waals surface area contributed by atoms with E-state index < -0.39 is 90.2 Å². The largest absolute Gasteiger partial charge is 0.456 e. The molecule has 0 aliphatic carbocycles. The Morgan fingerprint density at radius 1 is 1.15 bits per heavy atom. The van der Waals surface area contributed by atoms with Crippen LogP contribution >= 0.6 is 0 Å². The number of primary amides is 1. The SMILES string of the molecule is NC(=O)[C@H](O[C@H]1OC(C(=O)NCCc2ccc(F)cc2)=C[C@H](O)[C@@H]1O)[C@H]1O[C@@H](n2ccc(=O)[nH]c2=O)[C@H](O)[C@@H]1CO. The number of H-pyrrole nitrogens is 1. The standard InChI is InChI=1S/C25H29FN4O11/c26-12-3-1-11(2-4-12)5-7-28-22(37)15-9-14(32)18(35)24(39-15)41-20(21(27)36)19-13(10-31)17(34)23(40-19)30-8-6-16(33)29-25(30)38/h1-4,6,8-9,13-14,17-20,23-24,31-32,34-35H,5,7,10H2,(H2,27,36)(H,28,37)(H,29,33,38)/t13-,14-,17+,18-,19-,20+,23+,24+/m0/s1. The van der Waals surface area contributed by atoms with Gasteiger partial charge < -0.3 is 45.7 Å². The highest BCUT2D eigenvalue weighted by Gasteiger charge is 2.51. The lowest BCUT2D eigenvalue weighted by Gasteiger charge is -2.35. The smallest absolute Gasteiger partial charge is 0.330 e. The van der Waals surface area contributed by atoms with Gasteiger partial charge in [-0.05, 0) is 30.2 Å². The van der Waals surface area contributed by atoms with E-state index >= 15 is 0 Å². The lowest BCUT2D eigenvalue weighted by atomic mass is 9.94. The number of nitrogens with one attached hydrogen (secondary N) is 2. The van der Waals surface area contributed by atoms with Crippen LogP contribution in [0.15, 0.2) is 58.0 Å². The quantitative estimate of drug-likeness (QED) is 0.147. The van der Waals surface area contributed by atoms with E-state index in [2.05, 4.69) is 5.32 Å². The first kappa shape index (κ1) is 30.0. The lowest BCUT2D eigenvalue weighted by Crippen LogP contribution is -2.53. The Balaban J connectivity index is 1.46. The zero-order chi connectivity index (χ0) is 29.8. The number of benzene rings is 1. The van der Waals surface area contributed by atoms with E-state index in [0.717, 1.165) is 28.5 Å². The maximum atomic E-state index is 13.1. The molecule has 222 valence electrons. The molecular formula is C25H29FN4O11. The molecule has 2 amide bonds. The minimum Gasteiger partial charge on any atom is -0.456 e. The first-order chi connectivity index (χ1) is 19.5. The number of aliphatic hydroxyl groups excluding tert-OH is 4. The van der Waals surface area contributed by atoms with Crippen LogP contribution in [0.3, 0.4) is 0 Å². The fourth-order valence-electron chi connectivity index (χ4n) is 4.51. The van der Waals surface area contributed by atoms with Crippen molar-refractivity contribution in [3.8, 4) is 0 Å². The third-order valence-electron chi connectivity index (χ3n) is 6.68. The summed E-state index contributed by atoms with van der Waals surface area (Å²) < 4.78 is 30.5. The number of hydrogen-bond acceptors (Lipinski definition) is 11. The van der Waals surface area contributed by atoms with Crippen molar-refractivity contribution in [1.82, 2.24) is 14.9 Å². The number of carbonyl (C=O) groups is 2. The van der Waals surface area contributed by atoms with Gasteiger partial charge in [0.25, 0.3) is 11.5 Å². The van der Waals surface area contributed by atoms with Gasteiger partial charge >= 0.3 is 5.69 Å². The van der Waals surface area contributed by atoms with Crippen LogP contribution in [-0.2, 0) is 30.2 Å². The molecule has 1 aromatic heterocycles. The first-order valence-electron chi connectivity index (χ1n) is 12.5. The molecule has 8 atom stereocenters. The molecule has 2 aliphatic heterocycles. The van der Waals surface area contributed by atoms with E-state index in [4.69, 9.17) is 19.9 Å². The number of rotatable bonds is 10. The number of aliphatic hydroxyl groups is 4. The summed E-state index contributed by atoms with van der Waals surface area (Å²) in [6.07, 6.45) is -9.36. The van der Waals surface area contributed by atoms with Crippen molar-refractivity contribution in [2.45, 2.75) is 49.5 Å². The molecule has 1 saturated heterocycles. The van der Waals surface area contributed by atoms with Gasteiger partial charge in [0.15, 0.2) is 18.1 Å². The van der Waals surface area contributed by atoms with E-state index in [0.29, 0.717) is 6.42 Å². The van der Waals surface area contributed by atoms with Gasteiger partial charge in [-0.3, -0.25) is 23.9 Å². The molecule has 16 heteroatoms. The van der Waals surface area contributed by atoms with Crippen molar-refractivity contribution in [2.24, 2.45) is 11.7 Å². The summed E-state index contributed by atoms with van der Waals surface area (Å²) in [5, 5.41) is 44.0. The van der Waals surface area contributed by atoms with Gasteiger partial charge in [-0.2, -0.15) is 0 Å². The van der Waals surface area contributed by atoms with Crippen molar-refractivity contribution in [2.75, 3.05) is 13.2 Å².